The lowest BCUT2D eigenvalue weighted by Crippen LogP contribution is -2.43. The molecule has 1 amide bonds. The summed E-state index contributed by atoms with van der Waals surface area (Å²) in [5.74, 6) is 0.321. The molecule has 0 saturated carbocycles. The first-order valence-electron chi connectivity index (χ1n) is 8.30. The number of amides is 1. The number of nitrogens with zero attached hydrogens (tertiary/aromatic N) is 1. The lowest BCUT2D eigenvalue weighted by molar-refractivity contribution is -0.118. The van der Waals surface area contributed by atoms with Crippen LogP contribution in [0, 0.1) is 12.8 Å². The van der Waals surface area contributed by atoms with Crippen molar-refractivity contribution >= 4 is 11.6 Å². The Labute approximate surface area is 133 Å². The summed E-state index contributed by atoms with van der Waals surface area (Å²) in [6, 6.07) is 6.12. The van der Waals surface area contributed by atoms with E-state index in [1.165, 1.54) is 5.56 Å². The van der Waals surface area contributed by atoms with Crippen molar-refractivity contribution in [2.75, 3.05) is 25.0 Å². The van der Waals surface area contributed by atoms with E-state index in [4.69, 9.17) is 0 Å². The molecule has 0 aromatic heterocycles. The van der Waals surface area contributed by atoms with Crippen LogP contribution in [0.5, 0.6) is 0 Å². The fraction of sp³-hybridized carbons (Fsp3) is 0.611. The first-order chi connectivity index (χ1) is 10.5. The van der Waals surface area contributed by atoms with Gasteiger partial charge in [-0.2, -0.15) is 0 Å². The van der Waals surface area contributed by atoms with Gasteiger partial charge in [0.05, 0.1) is 12.6 Å². The third-order valence-electron chi connectivity index (χ3n) is 4.60. The highest BCUT2D eigenvalue weighted by Gasteiger charge is 2.24. The fourth-order valence-corrected chi connectivity index (χ4v) is 3.21. The van der Waals surface area contributed by atoms with E-state index in [0.717, 1.165) is 43.6 Å². The second-order valence-corrected chi connectivity index (χ2v) is 6.39. The van der Waals surface area contributed by atoms with E-state index in [1.807, 2.05) is 26.0 Å². The van der Waals surface area contributed by atoms with Gasteiger partial charge in [0.2, 0.25) is 5.91 Å². The second-order valence-electron chi connectivity index (χ2n) is 6.39. The van der Waals surface area contributed by atoms with Crippen molar-refractivity contribution in [3.05, 3.63) is 29.3 Å². The Morgan fingerprint density at radius 2 is 2.27 bits per heavy atom. The number of nitrogens with one attached hydrogen (secondary N) is 1. The SMILES string of the molecule is CCc1cccc(C)c1NC(=O)CN1CCCC(C(C)O)C1. The van der Waals surface area contributed by atoms with Crippen LogP contribution in [-0.2, 0) is 11.2 Å². The molecule has 122 valence electrons. The van der Waals surface area contributed by atoms with Crippen molar-refractivity contribution in [3.63, 3.8) is 0 Å². The molecule has 1 aromatic carbocycles. The van der Waals surface area contributed by atoms with Gasteiger partial charge in [0.25, 0.3) is 0 Å². The van der Waals surface area contributed by atoms with Crippen molar-refractivity contribution in [2.45, 2.75) is 46.1 Å². The number of benzene rings is 1. The smallest absolute Gasteiger partial charge is 0.238 e. The van der Waals surface area contributed by atoms with E-state index >= 15 is 0 Å². The van der Waals surface area contributed by atoms with Gasteiger partial charge >= 0.3 is 0 Å². The van der Waals surface area contributed by atoms with Gasteiger partial charge in [-0.25, -0.2) is 0 Å². The minimum absolute atomic E-state index is 0.0373. The van der Waals surface area contributed by atoms with Crippen LogP contribution in [0.15, 0.2) is 18.2 Å². The zero-order valence-corrected chi connectivity index (χ0v) is 13.9. The van der Waals surface area contributed by atoms with Crippen LogP contribution < -0.4 is 5.32 Å². The maximum absolute atomic E-state index is 12.4. The molecule has 2 rings (SSSR count). The Balaban J connectivity index is 1.96. The Kier molecular flexibility index (Phi) is 5.98. The number of likely N-dealkylation sites (tertiary alicyclic amines) is 1. The largest absolute Gasteiger partial charge is 0.393 e. The number of piperidine rings is 1. The van der Waals surface area contributed by atoms with Gasteiger partial charge in [-0.3, -0.25) is 9.69 Å². The average Bonchev–Trinajstić information content (AvgIpc) is 2.49. The number of aryl methyl sites for hydroxylation is 2. The molecular weight excluding hydrogens is 276 g/mol. The molecule has 4 heteroatoms. The van der Waals surface area contributed by atoms with Crippen molar-refractivity contribution in [1.82, 2.24) is 4.90 Å². The average molecular weight is 304 g/mol. The third-order valence-corrected chi connectivity index (χ3v) is 4.60. The van der Waals surface area contributed by atoms with Crippen LogP contribution in [0.25, 0.3) is 0 Å². The number of aliphatic hydroxyl groups is 1. The van der Waals surface area contributed by atoms with Crippen molar-refractivity contribution in [1.29, 1.82) is 0 Å². The predicted octanol–water partition coefficient (Wildman–Crippen LogP) is 2.59. The third kappa shape index (κ3) is 4.31. The first-order valence-corrected chi connectivity index (χ1v) is 8.30. The topological polar surface area (TPSA) is 52.6 Å². The molecule has 1 fully saturated rings. The molecule has 0 bridgehead atoms. The zero-order valence-electron chi connectivity index (χ0n) is 13.9. The molecule has 4 nitrogen and oxygen atoms in total. The van der Waals surface area contributed by atoms with Gasteiger partial charge in [-0.05, 0) is 56.7 Å². The number of para-hydroxylation sites is 1. The van der Waals surface area contributed by atoms with E-state index in [0.29, 0.717) is 6.54 Å². The van der Waals surface area contributed by atoms with Crippen molar-refractivity contribution < 1.29 is 9.90 Å². The second kappa shape index (κ2) is 7.75. The molecule has 2 unspecified atom stereocenters. The maximum Gasteiger partial charge on any atom is 0.238 e. The van der Waals surface area contributed by atoms with Crippen molar-refractivity contribution in [2.24, 2.45) is 5.92 Å². The van der Waals surface area contributed by atoms with Gasteiger partial charge in [-0.15, -0.1) is 0 Å². The number of hydrogen-bond donors (Lipinski definition) is 2. The monoisotopic (exact) mass is 304 g/mol. The molecule has 1 saturated heterocycles. The molecule has 22 heavy (non-hydrogen) atoms. The van der Waals surface area contributed by atoms with Gasteiger partial charge in [0.15, 0.2) is 0 Å². The minimum atomic E-state index is -0.297. The molecule has 1 heterocycles. The summed E-state index contributed by atoms with van der Waals surface area (Å²) in [5.41, 5.74) is 3.24. The van der Waals surface area contributed by atoms with Crippen LogP contribution in [0.4, 0.5) is 5.69 Å². The summed E-state index contributed by atoms with van der Waals surface area (Å²) in [5, 5.41) is 12.8. The summed E-state index contributed by atoms with van der Waals surface area (Å²) in [4.78, 5) is 14.5. The molecule has 0 aliphatic carbocycles. The Bertz CT molecular complexity index is 514. The lowest BCUT2D eigenvalue weighted by Gasteiger charge is -2.33. The lowest BCUT2D eigenvalue weighted by atomic mass is 9.93. The molecule has 2 N–H and O–H groups in total. The standard InChI is InChI=1S/C18H28N2O2/c1-4-15-8-5-7-13(2)18(15)19-17(22)12-20-10-6-9-16(11-20)14(3)21/h5,7-8,14,16,21H,4,6,9-12H2,1-3H3,(H,19,22). The first kappa shape index (κ1) is 17.0. The summed E-state index contributed by atoms with van der Waals surface area (Å²) in [6.07, 6.45) is 2.71. The van der Waals surface area contributed by atoms with Crippen LogP contribution in [0.3, 0.4) is 0 Å². The number of carbonyl (C=O) groups excluding carboxylic acids is 1. The quantitative estimate of drug-likeness (QED) is 0.879. The highest BCUT2D eigenvalue weighted by atomic mass is 16.3. The number of anilines is 1. The van der Waals surface area contributed by atoms with E-state index in [2.05, 4.69) is 23.2 Å². The van der Waals surface area contributed by atoms with Gasteiger partial charge in [0, 0.05) is 12.2 Å². The van der Waals surface area contributed by atoms with Crippen molar-refractivity contribution in [3.8, 4) is 0 Å². The molecule has 1 aromatic rings. The van der Waals surface area contributed by atoms with E-state index < -0.39 is 0 Å². The van der Waals surface area contributed by atoms with E-state index in [-0.39, 0.29) is 17.9 Å². The number of hydrogen-bond acceptors (Lipinski definition) is 3. The number of aliphatic hydroxyl groups excluding tert-OH is 1. The summed E-state index contributed by atoms with van der Waals surface area (Å²) >= 11 is 0. The Morgan fingerprint density at radius 3 is 2.95 bits per heavy atom. The van der Waals surface area contributed by atoms with E-state index in [1.54, 1.807) is 0 Å². The van der Waals surface area contributed by atoms with Crippen LogP contribution in [-0.4, -0.2) is 41.7 Å². The number of rotatable bonds is 5. The molecular formula is C18H28N2O2. The predicted molar refractivity (Wildman–Crippen MR) is 90.0 cm³/mol. The minimum Gasteiger partial charge on any atom is -0.393 e. The summed E-state index contributed by atoms with van der Waals surface area (Å²) < 4.78 is 0. The van der Waals surface area contributed by atoms with Crippen LogP contribution in [0.1, 0.15) is 37.8 Å². The number of carbonyl (C=O) groups is 1. The van der Waals surface area contributed by atoms with Crippen LogP contribution in [0.2, 0.25) is 0 Å². The normalized spacial score (nSPS) is 20.6. The Morgan fingerprint density at radius 1 is 1.50 bits per heavy atom. The molecule has 0 radical (unpaired) electrons. The highest BCUT2D eigenvalue weighted by molar-refractivity contribution is 5.93. The Hall–Kier alpha value is -1.39. The van der Waals surface area contributed by atoms with Crippen LogP contribution >= 0.6 is 0 Å². The maximum atomic E-state index is 12.4. The molecule has 1 aliphatic heterocycles. The van der Waals surface area contributed by atoms with E-state index in [9.17, 15) is 9.90 Å². The zero-order chi connectivity index (χ0) is 16.1. The van der Waals surface area contributed by atoms with Gasteiger partial charge in [-0.1, -0.05) is 25.1 Å². The molecule has 1 aliphatic rings. The fourth-order valence-electron chi connectivity index (χ4n) is 3.21. The summed E-state index contributed by atoms with van der Waals surface area (Å²) in [6.45, 7) is 8.11. The molecule has 2 atom stereocenters. The van der Waals surface area contributed by atoms with Gasteiger partial charge < -0.3 is 10.4 Å². The van der Waals surface area contributed by atoms with Gasteiger partial charge in [0.1, 0.15) is 0 Å². The molecule has 0 spiro atoms. The summed E-state index contributed by atoms with van der Waals surface area (Å²) in [7, 11) is 0. The highest BCUT2D eigenvalue weighted by Crippen LogP contribution is 2.22.